The van der Waals surface area contributed by atoms with Gasteiger partial charge in [-0.2, -0.15) is 0 Å². The van der Waals surface area contributed by atoms with Crippen LogP contribution in [0.25, 0.3) is 0 Å². The molecule has 1 N–H and O–H groups in total. The molecule has 0 fully saturated rings. The van der Waals surface area contributed by atoms with E-state index in [4.69, 9.17) is 33.4 Å². The highest BCUT2D eigenvalue weighted by Crippen LogP contribution is 2.19. The molecule has 0 amide bonds. The third-order valence-electron chi connectivity index (χ3n) is 0.824. The molecule has 0 spiro atoms. The summed E-state index contributed by atoms with van der Waals surface area (Å²) in [5.74, 6) is 0. The van der Waals surface area contributed by atoms with Gasteiger partial charge in [0.05, 0.1) is 10.0 Å². The molecule has 0 radical (unpaired) electrons. The van der Waals surface area contributed by atoms with Gasteiger partial charge in [0, 0.05) is 0 Å². The molecular formula is C7H5Cl2NO. The van der Waals surface area contributed by atoms with Crippen molar-refractivity contribution in [2.24, 2.45) is 0 Å². The summed E-state index contributed by atoms with van der Waals surface area (Å²) in [5, 5.41) is 6.61. The van der Waals surface area contributed by atoms with Crippen LogP contribution in [0.3, 0.4) is 0 Å². The summed E-state index contributed by atoms with van der Waals surface area (Å²) in [7, 11) is 0. The second kappa shape index (κ2) is 5.93. The molecule has 1 rings (SSSR count). The van der Waals surface area contributed by atoms with Crippen LogP contribution in [0.1, 0.15) is 0 Å². The van der Waals surface area contributed by atoms with Gasteiger partial charge in [-0.1, -0.05) is 35.3 Å². The van der Waals surface area contributed by atoms with E-state index in [1.165, 1.54) is 0 Å². The predicted octanol–water partition coefficient (Wildman–Crippen LogP) is 2.89. The van der Waals surface area contributed by atoms with E-state index in [-0.39, 0.29) is 0 Å². The van der Waals surface area contributed by atoms with E-state index < -0.39 is 0 Å². The Kier molecular flexibility index (Phi) is 5.49. The number of carbonyl (C=O) groups excluding carboxylic acids is 1. The third-order valence-corrected chi connectivity index (χ3v) is 1.58. The molecule has 4 heteroatoms. The molecule has 0 aliphatic carbocycles. The smallest absolute Gasteiger partial charge is 0.222 e. The molecule has 0 saturated carbocycles. The molecule has 0 unspecified atom stereocenters. The molecule has 1 aromatic rings. The fourth-order valence-corrected chi connectivity index (χ4v) is 0.711. The van der Waals surface area contributed by atoms with Crippen molar-refractivity contribution in [2.75, 3.05) is 0 Å². The molecule has 1 aromatic carbocycles. The van der Waals surface area contributed by atoms with Gasteiger partial charge in [-0.25, -0.2) is 10.2 Å². The molecule has 11 heavy (non-hydrogen) atoms. The van der Waals surface area contributed by atoms with E-state index in [0.29, 0.717) is 10.0 Å². The topological polar surface area (TPSA) is 40.9 Å². The zero-order chi connectivity index (χ0) is 8.69. The van der Waals surface area contributed by atoms with Crippen LogP contribution in [0.5, 0.6) is 0 Å². The highest BCUT2D eigenvalue weighted by atomic mass is 35.5. The monoisotopic (exact) mass is 189 g/mol. The van der Waals surface area contributed by atoms with Crippen molar-refractivity contribution in [2.45, 2.75) is 0 Å². The minimum Gasteiger partial charge on any atom is -0.222 e. The Balaban J connectivity index is 0.000000292. The van der Waals surface area contributed by atoms with Crippen molar-refractivity contribution in [3.05, 3.63) is 34.3 Å². The lowest BCUT2D eigenvalue weighted by Gasteiger charge is -1.88. The normalized spacial score (nSPS) is 7.45. The molecular weight excluding hydrogens is 185 g/mol. The quantitative estimate of drug-likeness (QED) is 0.495. The molecule has 0 aliphatic rings. The molecule has 0 atom stereocenters. The Bertz CT molecular complexity index is 235. The van der Waals surface area contributed by atoms with Crippen molar-refractivity contribution in [1.29, 1.82) is 5.41 Å². The number of hydrogen-bond donors (Lipinski definition) is 1. The maximum Gasteiger partial charge on any atom is 0.231 e. The fourth-order valence-electron chi connectivity index (χ4n) is 0.439. The lowest BCUT2D eigenvalue weighted by Crippen LogP contribution is -1.62. The minimum atomic E-state index is 0.606. The molecule has 58 valence electrons. The average Bonchev–Trinajstić information content (AvgIpc) is 1.97. The van der Waals surface area contributed by atoms with Crippen molar-refractivity contribution >= 4 is 29.3 Å². The molecule has 0 heterocycles. The maximum atomic E-state index is 8.35. The maximum absolute atomic E-state index is 8.35. The number of isocyanates is 1. The van der Waals surface area contributed by atoms with Gasteiger partial charge in [0.25, 0.3) is 0 Å². The zero-order valence-electron chi connectivity index (χ0n) is 5.47. The Morgan fingerprint density at radius 1 is 1.18 bits per heavy atom. The van der Waals surface area contributed by atoms with Crippen LogP contribution in [-0.4, -0.2) is 6.08 Å². The summed E-state index contributed by atoms with van der Waals surface area (Å²) in [5.41, 5.74) is 0. The Morgan fingerprint density at radius 3 is 1.64 bits per heavy atom. The molecule has 2 nitrogen and oxygen atoms in total. The summed E-state index contributed by atoms with van der Waals surface area (Å²) in [4.78, 5) is 8.35. The van der Waals surface area contributed by atoms with E-state index in [9.17, 15) is 0 Å². The highest BCUT2D eigenvalue weighted by molar-refractivity contribution is 6.41. The van der Waals surface area contributed by atoms with Crippen molar-refractivity contribution < 1.29 is 4.79 Å². The first-order valence-electron chi connectivity index (χ1n) is 2.66. The lowest BCUT2D eigenvalue weighted by atomic mass is 10.4. The largest absolute Gasteiger partial charge is 0.231 e. The number of halogens is 2. The van der Waals surface area contributed by atoms with Gasteiger partial charge in [-0.15, -0.1) is 0 Å². The van der Waals surface area contributed by atoms with Crippen LogP contribution in [-0.2, 0) is 4.79 Å². The summed E-state index contributed by atoms with van der Waals surface area (Å²) >= 11 is 11.2. The Labute approximate surface area is 74.3 Å². The molecule has 0 aromatic heterocycles. The number of benzene rings is 1. The van der Waals surface area contributed by atoms with Crippen LogP contribution < -0.4 is 0 Å². The van der Waals surface area contributed by atoms with E-state index in [1.807, 2.05) is 12.1 Å². The van der Waals surface area contributed by atoms with E-state index in [2.05, 4.69) is 0 Å². The second-order valence-electron chi connectivity index (χ2n) is 1.52. The van der Waals surface area contributed by atoms with Gasteiger partial charge in [-0.3, -0.25) is 0 Å². The number of rotatable bonds is 0. The lowest BCUT2D eigenvalue weighted by molar-refractivity contribution is 0.563. The summed E-state index contributed by atoms with van der Waals surface area (Å²) in [6, 6.07) is 7.19. The van der Waals surface area contributed by atoms with Crippen LogP contribution >= 0.6 is 23.2 Å². The van der Waals surface area contributed by atoms with Gasteiger partial charge >= 0.3 is 0 Å². The van der Waals surface area contributed by atoms with Crippen LogP contribution in [0.15, 0.2) is 24.3 Å². The SMILES string of the molecule is Clc1ccccc1Cl.N=C=O. The van der Waals surface area contributed by atoms with Crippen LogP contribution in [0.4, 0.5) is 0 Å². The van der Waals surface area contributed by atoms with Gasteiger partial charge in [0.1, 0.15) is 0 Å². The first kappa shape index (κ1) is 10.2. The predicted molar refractivity (Wildman–Crippen MR) is 44.9 cm³/mol. The third kappa shape index (κ3) is 4.57. The van der Waals surface area contributed by atoms with Gasteiger partial charge < -0.3 is 0 Å². The first-order chi connectivity index (χ1) is 5.22. The highest BCUT2D eigenvalue weighted by Gasteiger charge is 1.89. The average molecular weight is 190 g/mol. The molecule has 0 bridgehead atoms. The van der Waals surface area contributed by atoms with Gasteiger partial charge in [0.2, 0.25) is 6.08 Å². The summed E-state index contributed by atoms with van der Waals surface area (Å²) < 4.78 is 0. The Morgan fingerprint density at radius 2 is 1.45 bits per heavy atom. The minimum absolute atomic E-state index is 0.606. The summed E-state index contributed by atoms with van der Waals surface area (Å²) in [6.45, 7) is 0. The van der Waals surface area contributed by atoms with E-state index in [1.54, 1.807) is 12.1 Å². The van der Waals surface area contributed by atoms with Gasteiger partial charge in [-0.05, 0) is 12.1 Å². The number of nitrogens with one attached hydrogen (secondary N) is 1. The first-order valence-corrected chi connectivity index (χ1v) is 3.42. The molecule has 0 aliphatic heterocycles. The van der Waals surface area contributed by atoms with E-state index >= 15 is 0 Å². The summed E-state index contributed by atoms with van der Waals surface area (Å²) in [6.07, 6.45) is 0.750. The Hall–Kier alpha value is -0.820. The number of hydrogen-bond acceptors (Lipinski definition) is 2. The van der Waals surface area contributed by atoms with E-state index in [0.717, 1.165) is 6.08 Å². The van der Waals surface area contributed by atoms with Gasteiger partial charge in [0.15, 0.2) is 0 Å². The standard InChI is InChI=1S/C6H4Cl2.CHNO/c7-5-3-1-2-4-6(5)8;2-1-3/h1-4H;2H. The second-order valence-corrected chi connectivity index (χ2v) is 2.33. The van der Waals surface area contributed by atoms with Crippen molar-refractivity contribution in [3.8, 4) is 0 Å². The zero-order valence-corrected chi connectivity index (χ0v) is 6.99. The van der Waals surface area contributed by atoms with Crippen molar-refractivity contribution in [3.63, 3.8) is 0 Å². The molecule has 0 saturated heterocycles. The van der Waals surface area contributed by atoms with Crippen LogP contribution in [0.2, 0.25) is 10.0 Å². The van der Waals surface area contributed by atoms with Crippen LogP contribution in [0, 0.1) is 5.41 Å². The van der Waals surface area contributed by atoms with Crippen molar-refractivity contribution in [1.82, 2.24) is 0 Å². The fraction of sp³-hybridized carbons (Fsp3) is 0.